The molecule has 0 aliphatic carbocycles. The monoisotopic (exact) mass is 396 g/mol. The average molecular weight is 396 g/mol. The summed E-state index contributed by atoms with van der Waals surface area (Å²) >= 11 is 0. The lowest BCUT2D eigenvalue weighted by Gasteiger charge is -2.36. The molecule has 0 radical (unpaired) electrons. The van der Waals surface area contributed by atoms with Gasteiger partial charge in [-0.3, -0.25) is 4.79 Å². The number of nitrogens with zero attached hydrogens (tertiary/aromatic N) is 4. The fourth-order valence-electron chi connectivity index (χ4n) is 3.86. The third-order valence-electron chi connectivity index (χ3n) is 5.25. The Morgan fingerprint density at radius 3 is 2.93 bits per heavy atom. The Morgan fingerprint density at radius 2 is 2.17 bits per heavy atom. The van der Waals surface area contributed by atoms with Gasteiger partial charge in [0, 0.05) is 29.9 Å². The second-order valence-electron chi connectivity index (χ2n) is 7.04. The standard InChI is InChI=1S/C21H24N4O4/c1-14-21(15(2)25(22-14)17-5-4-6-18(12-17)27-3)19-13-28-10-8-24(19)20(26)11-16-7-9-29-23-16/h4-7,9,12,19H,8,10-11,13H2,1-3H3. The first-order valence-electron chi connectivity index (χ1n) is 9.55. The topological polar surface area (TPSA) is 82.6 Å². The summed E-state index contributed by atoms with van der Waals surface area (Å²) < 4.78 is 17.8. The van der Waals surface area contributed by atoms with Crippen LogP contribution >= 0.6 is 0 Å². The van der Waals surface area contributed by atoms with E-state index in [9.17, 15) is 4.79 Å². The van der Waals surface area contributed by atoms with Crippen molar-refractivity contribution in [3.05, 3.63) is 59.2 Å². The van der Waals surface area contributed by atoms with Gasteiger partial charge in [0.2, 0.25) is 5.91 Å². The van der Waals surface area contributed by atoms with Crippen LogP contribution in [0, 0.1) is 13.8 Å². The van der Waals surface area contributed by atoms with Crippen molar-refractivity contribution in [3.8, 4) is 11.4 Å². The highest BCUT2D eigenvalue weighted by atomic mass is 16.5. The molecule has 29 heavy (non-hydrogen) atoms. The number of aromatic nitrogens is 3. The predicted molar refractivity (Wildman–Crippen MR) is 105 cm³/mol. The van der Waals surface area contributed by atoms with E-state index >= 15 is 0 Å². The Morgan fingerprint density at radius 1 is 1.31 bits per heavy atom. The van der Waals surface area contributed by atoms with E-state index in [0.29, 0.717) is 25.5 Å². The molecule has 1 saturated heterocycles. The summed E-state index contributed by atoms with van der Waals surface area (Å²) in [5.41, 5.74) is 4.40. The van der Waals surface area contributed by atoms with Crippen LogP contribution in [0.4, 0.5) is 0 Å². The fraction of sp³-hybridized carbons (Fsp3) is 0.381. The molecule has 3 heterocycles. The van der Waals surface area contributed by atoms with Crippen LogP contribution in [0.2, 0.25) is 0 Å². The number of methoxy groups -OCH3 is 1. The van der Waals surface area contributed by atoms with Crippen LogP contribution < -0.4 is 4.74 Å². The van der Waals surface area contributed by atoms with Crippen molar-refractivity contribution in [2.45, 2.75) is 26.3 Å². The maximum Gasteiger partial charge on any atom is 0.229 e. The average Bonchev–Trinajstić information content (AvgIpc) is 3.35. The maximum atomic E-state index is 13.0. The summed E-state index contributed by atoms with van der Waals surface area (Å²) in [5, 5.41) is 8.60. The van der Waals surface area contributed by atoms with Gasteiger partial charge in [-0.25, -0.2) is 4.68 Å². The summed E-state index contributed by atoms with van der Waals surface area (Å²) in [7, 11) is 1.64. The van der Waals surface area contributed by atoms with Crippen molar-refractivity contribution in [2.75, 3.05) is 26.9 Å². The molecule has 1 unspecified atom stereocenters. The molecule has 1 amide bonds. The highest BCUT2D eigenvalue weighted by molar-refractivity contribution is 5.79. The Bertz CT molecular complexity index is 996. The number of carbonyl (C=O) groups is 1. The van der Waals surface area contributed by atoms with Gasteiger partial charge in [0.15, 0.2) is 0 Å². The van der Waals surface area contributed by atoms with Crippen LogP contribution in [0.15, 0.2) is 41.1 Å². The highest BCUT2D eigenvalue weighted by Crippen LogP contribution is 2.31. The Kier molecular flexibility index (Phi) is 5.35. The van der Waals surface area contributed by atoms with Gasteiger partial charge in [0.05, 0.1) is 49.9 Å². The van der Waals surface area contributed by atoms with Crippen LogP contribution in [0.3, 0.4) is 0 Å². The number of hydrogen-bond donors (Lipinski definition) is 0. The zero-order valence-electron chi connectivity index (χ0n) is 16.8. The van der Waals surface area contributed by atoms with Gasteiger partial charge in [-0.05, 0) is 26.0 Å². The van der Waals surface area contributed by atoms with Crippen molar-refractivity contribution in [2.24, 2.45) is 0 Å². The Hall–Kier alpha value is -3.13. The van der Waals surface area contributed by atoms with Gasteiger partial charge in [-0.15, -0.1) is 0 Å². The van der Waals surface area contributed by atoms with Gasteiger partial charge in [-0.1, -0.05) is 11.2 Å². The minimum Gasteiger partial charge on any atom is -0.497 e. The van der Waals surface area contributed by atoms with Crippen molar-refractivity contribution in [1.82, 2.24) is 19.8 Å². The molecule has 8 heteroatoms. The lowest BCUT2D eigenvalue weighted by Crippen LogP contribution is -2.44. The number of rotatable bonds is 5. The van der Waals surface area contributed by atoms with Gasteiger partial charge >= 0.3 is 0 Å². The van der Waals surface area contributed by atoms with Gasteiger partial charge in [-0.2, -0.15) is 5.10 Å². The summed E-state index contributed by atoms with van der Waals surface area (Å²) in [6.07, 6.45) is 1.68. The zero-order valence-corrected chi connectivity index (χ0v) is 16.8. The molecule has 1 aliphatic rings. The Labute approximate surface area is 169 Å². The summed E-state index contributed by atoms with van der Waals surface area (Å²) in [4.78, 5) is 14.8. The van der Waals surface area contributed by atoms with E-state index < -0.39 is 0 Å². The number of hydrogen-bond acceptors (Lipinski definition) is 6. The van der Waals surface area contributed by atoms with Crippen molar-refractivity contribution >= 4 is 5.91 Å². The number of carbonyl (C=O) groups excluding carboxylic acids is 1. The molecule has 152 valence electrons. The molecule has 3 aromatic rings. The summed E-state index contributed by atoms with van der Waals surface area (Å²) in [6.45, 7) is 5.47. The first kappa shape index (κ1) is 19.2. The van der Waals surface area contributed by atoms with Gasteiger partial charge in [0.1, 0.15) is 12.0 Å². The predicted octanol–water partition coefficient (Wildman–Crippen LogP) is 2.63. The largest absolute Gasteiger partial charge is 0.497 e. The number of aryl methyl sites for hydroxylation is 1. The first-order valence-corrected chi connectivity index (χ1v) is 9.55. The highest BCUT2D eigenvalue weighted by Gasteiger charge is 2.33. The first-order chi connectivity index (χ1) is 14.1. The van der Waals surface area contributed by atoms with Gasteiger partial charge < -0.3 is 18.9 Å². The SMILES string of the molecule is COc1cccc(-n2nc(C)c(C3COCCN3C(=O)Cc3ccon3)c2C)c1. The Balaban J connectivity index is 1.66. The molecule has 0 bridgehead atoms. The molecule has 4 rings (SSSR count). The fourth-order valence-corrected chi connectivity index (χ4v) is 3.86. The molecule has 8 nitrogen and oxygen atoms in total. The minimum atomic E-state index is -0.192. The van der Waals surface area contributed by atoms with E-state index in [0.717, 1.165) is 28.4 Å². The molecule has 0 saturated carbocycles. The van der Waals surface area contributed by atoms with E-state index in [1.54, 1.807) is 13.2 Å². The number of morpholine rings is 1. The molecule has 0 N–H and O–H groups in total. The second kappa shape index (κ2) is 8.08. The molecule has 1 atom stereocenters. The zero-order chi connectivity index (χ0) is 20.4. The van der Waals surface area contributed by atoms with Crippen LogP contribution in [-0.4, -0.2) is 52.6 Å². The summed E-state index contributed by atoms with van der Waals surface area (Å²) in [6, 6.07) is 9.27. The molecule has 1 aromatic carbocycles. The number of amides is 1. The minimum absolute atomic E-state index is 0.000121. The van der Waals surface area contributed by atoms with E-state index in [1.807, 2.05) is 47.7 Å². The van der Waals surface area contributed by atoms with E-state index in [1.165, 1.54) is 6.26 Å². The van der Waals surface area contributed by atoms with E-state index in [2.05, 4.69) is 5.16 Å². The van der Waals surface area contributed by atoms with E-state index in [-0.39, 0.29) is 18.4 Å². The molecular weight excluding hydrogens is 372 g/mol. The van der Waals surface area contributed by atoms with Crippen molar-refractivity contribution in [1.29, 1.82) is 0 Å². The van der Waals surface area contributed by atoms with Crippen molar-refractivity contribution in [3.63, 3.8) is 0 Å². The van der Waals surface area contributed by atoms with Crippen LogP contribution in [0.25, 0.3) is 5.69 Å². The third-order valence-corrected chi connectivity index (χ3v) is 5.25. The summed E-state index contributed by atoms with van der Waals surface area (Å²) in [5.74, 6) is 0.766. The number of benzene rings is 1. The van der Waals surface area contributed by atoms with Gasteiger partial charge in [0.25, 0.3) is 0 Å². The smallest absolute Gasteiger partial charge is 0.229 e. The number of ether oxygens (including phenoxy) is 2. The van der Waals surface area contributed by atoms with Crippen LogP contribution in [0.1, 0.15) is 28.7 Å². The van der Waals surface area contributed by atoms with E-state index in [4.69, 9.17) is 19.1 Å². The molecule has 1 fully saturated rings. The van der Waals surface area contributed by atoms with Crippen molar-refractivity contribution < 1.29 is 18.8 Å². The van der Waals surface area contributed by atoms with Crippen LogP contribution in [-0.2, 0) is 16.0 Å². The quantitative estimate of drug-likeness (QED) is 0.659. The molecular formula is C21H24N4O4. The maximum absolute atomic E-state index is 13.0. The van der Waals surface area contributed by atoms with Crippen LogP contribution in [0.5, 0.6) is 5.75 Å². The second-order valence-corrected chi connectivity index (χ2v) is 7.04. The molecule has 2 aromatic heterocycles. The molecule has 1 aliphatic heterocycles. The normalized spacial score (nSPS) is 16.8. The lowest BCUT2D eigenvalue weighted by molar-refractivity contribution is -0.139. The molecule has 0 spiro atoms. The third kappa shape index (κ3) is 3.75. The lowest BCUT2D eigenvalue weighted by atomic mass is 10.0.